The molecule has 2 aliphatic heterocycles. The van der Waals surface area contributed by atoms with Crippen molar-refractivity contribution in [3.63, 3.8) is 0 Å². The summed E-state index contributed by atoms with van der Waals surface area (Å²) in [6.45, 7) is 3.17. The molecule has 0 spiro atoms. The van der Waals surface area contributed by atoms with E-state index in [2.05, 4.69) is 20.4 Å². The molecule has 2 aromatic rings. The number of piperidine rings is 2. The fourth-order valence-corrected chi connectivity index (χ4v) is 5.55. The molecule has 0 saturated carbocycles. The molecular formula is C23H30N4O3. The van der Waals surface area contributed by atoms with Gasteiger partial charge in [0.25, 0.3) is 5.91 Å². The Morgan fingerprint density at radius 3 is 2.80 bits per heavy atom. The largest absolute Gasteiger partial charge is 0.493 e. The van der Waals surface area contributed by atoms with Crippen LogP contribution in [0.5, 0.6) is 11.5 Å². The van der Waals surface area contributed by atoms with E-state index in [1.54, 1.807) is 14.2 Å². The van der Waals surface area contributed by atoms with Crippen molar-refractivity contribution in [2.24, 2.45) is 5.92 Å². The second-order valence-electron chi connectivity index (χ2n) is 8.68. The lowest BCUT2D eigenvalue weighted by Crippen LogP contribution is -2.51. The Balaban J connectivity index is 1.31. The van der Waals surface area contributed by atoms with Crippen LogP contribution in [0.15, 0.2) is 12.1 Å². The number of hydrogen-bond donors (Lipinski definition) is 2. The van der Waals surface area contributed by atoms with Crippen molar-refractivity contribution in [3.05, 3.63) is 29.0 Å². The minimum atomic E-state index is -0.0524. The summed E-state index contributed by atoms with van der Waals surface area (Å²) in [4.78, 5) is 15.7. The first-order chi connectivity index (χ1) is 14.7. The van der Waals surface area contributed by atoms with Gasteiger partial charge in [-0.3, -0.25) is 9.89 Å². The second-order valence-corrected chi connectivity index (χ2v) is 8.68. The molecule has 2 fully saturated rings. The van der Waals surface area contributed by atoms with Crippen molar-refractivity contribution in [2.45, 2.75) is 44.6 Å². The second kappa shape index (κ2) is 7.95. The molecule has 0 radical (unpaired) electrons. The van der Waals surface area contributed by atoms with E-state index in [-0.39, 0.29) is 5.91 Å². The van der Waals surface area contributed by atoms with Crippen molar-refractivity contribution >= 4 is 5.91 Å². The predicted octanol–water partition coefficient (Wildman–Crippen LogP) is 2.99. The number of aromatic amines is 1. The van der Waals surface area contributed by atoms with E-state index >= 15 is 0 Å². The van der Waals surface area contributed by atoms with Gasteiger partial charge in [0.2, 0.25) is 0 Å². The van der Waals surface area contributed by atoms with Crippen molar-refractivity contribution in [3.8, 4) is 22.8 Å². The first kappa shape index (κ1) is 19.4. The zero-order valence-electron chi connectivity index (χ0n) is 17.8. The molecule has 1 aliphatic carbocycles. The van der Waals surface area contributed by atoms with Gasteiger partial charge < -0.3 is 19.7 Å². The molecule has 7 heteroatoms. The summed E-state index contributed by atoms with van der Waals surface area (Å²) >= 11 is 0. The van der Waals surface area contributed by atoms with E-state index in [0.717, 1.165) is 28.9 Å². The normalized spacial score (nSPS) is 22.7. The lowest BCUT2D eigenvalue weighted by atomic mass is 9.83. The van der Waals surface area contributed by atoms with E-state index in [4.69, 9.17) is 9.47 Å². The van der Waals surface area contributed by atoms with Crippen LogP contribution in [-0.2, 0) is 6.42 Å². The van der Waals surface area contributed by atoms with Crippen molar-refractivity contribution in [1.82, 2.24) is 20.4 Å². The number of rotatable bonds is 5. The van der Waals surface area contributed by atoms with Crippen LogP contribution in [0.4, 0.5) is 0 Å². The quantitative estimate of drug-likeness (QED) is 0.676. The highest BCUT2D eigenvalue weighted by Gasteiger charge is 2.34. The molecule has 1 aromatic carbocycles. The zero-order chi connectivity index (χ0) is 20.7. The van der Waals surface area contributed by atoms with E-state index in [9.17, 15) is 4.79 Å². The number of hydrogen-bond acceptors (Lipinski definition) is 5. The number of benzene rings is 1. The molecule has 1 amide bonds. The molecule has 160 valence electrons. The highest BCUT2D eigenvalue weighted by atomic mass is 16.5. The number of nitrogens with zero attached hydrogens (tertiary/aromatic N) is 2. The average molecular weight is 411 g/mol. The molecule has 1 aromatic heterocycles. The van der Waals surface area contributed by atoms with Crippen LogP contribution in [0.1, 0.15) is 53.7 Å². The van der Waals surface area contributed by atoms with Crippen molar-refractivity contribution in [1.29, 1.82) is 0 Å². The number of carbonyl (C=O) groups is 1. The van der Waals surface area contributed by atoms with Gasteiger partial charge in [0.15, 0.2) is 11.5 Å². The van der Waals surface area contributed by atoms with Gasteiger partial charge in [0, 0.05) is 30.1 Å². The maximum Gasteiger partial charge on any atom is 0.269 e. The number of ether oxygens (including phenoxy) is 2. The molecule has 0 bridgehead atoms. The van der Waals surface area contributed by atoms with Gasteiger partial charge in [0.1, 0.15) is 5.69 Å². The highest BCUT2D eigenvalue weighted by molar-refractivity contribution is 5.97. The Morgan fingerprint density at radius 1 is 1.17 bits per heavy atom. The lowest BCUT2D eigenvalue weighted by Gasteiger charge is -2.44. The smallest absolute Gasteiger partial charge is 0.269 e. The first-order valence-corrected chi connectivity index (χ1v) is 11.0. The van der Waals surface area contributed by atoms with Crippen LogP contribution in [-0.4, -0.2) is 60.9 Å². The lowest BCUT2D eigenvalue weighted by molar-refractivity contribution is 0.0575. The number of fused-ring (bicyclic) bond motifs is 4. The molecule has 2 N–H and O–H groups in total. The number of methoxy groups -OCH3 is 2. The van der Waals surface area contributed by atoms with Crippen LogP contribution in [0.25, 0.3) is 11.3 Å². The minimum Gasteiger partial charge on any atom is -0.493 e. The Kier molecular flexibility index (Phi) is 5.15. The van der Waals surface area contributed by atoms with E-state index in [1.807, 2.05) is 12.1 Å². The minimum absolute atomic E-state index is 0.0524. The van der Waals surface area contributed by atoms with Crippen LogP contribution in [0.3, 0.4) is 0 Å². The van der Waals surface area contributed by atoms with Gasteiger partial charge in [-0.15, -0.1) is 0 Å². The Labute approximate surface area is 177 Å². The zero-order valence-corrected chi connectivity index (χ0v) is 17.8. The van der Waals surface area contributed by atoms with E-state index in [0.29, 0.717) is 35.6 Å². The molecular weight excluding hydrogens is 380 g/mol. The molecule has 2 atom stereocenters. The number of carbonyl (C=O) groups excluding carboxylic acids is 1. The van der Waals surface area contributed by atoms with E-state index < -0.39 is 0 Å². The van der Waals surface area contributed by atoms with Gasteiger partial charge in [-0.2, -0.15) is 5.10 Å². The number of nitrogens with one attached hydrogen (secondary N) is 2. The Morgan fingerprint density at radius 2 is 1.97 bits per heavy atom. The standard InChI is InChI=1S/C23H30N4O3/c1-29-19-11-15-10-17-21(16(15)12-20(19)30-2)25-26-22(17)23(28)24-13-14-6-5-9-27-8-4-3-7-18(14)27/h11-12,14,18H,3-10,13H2,1-2H3,(H,24,28)(H,25,26)/t14-,18+/m0/s1. The summed E-state index contributed by atoms with van der Waals surface area (Å²) < 4.78 is 10.9. The summed E-state index contributed by atoms with van der Waals surface area (Å²) in [6, 6.07) is 4.56. The number of aromatic nitrogens is 2. The van der Waals surface area contributed by atoms with Crippen molar-refractivity contribution < 1.29 is 14.3 Å². The maximum atomic E-state index is 13.0. The van der Waals surface area contributed by atoms with E-state index in [1.165, 1.54) is 45.2 Å². The SMILES string of the molecule is COc1cc2c(cc1OC)-c1n[nH]c(C(=O)NC[C@@H]3CCCN4CCCC[C@H]34)c1C2. The number of H-pyrrole nitrogens is 1. The van der Waals surface area contributed by atoms with Gasteiger partial charge in [-0.25, -0.2) is 0 Å². The molecule has 30 heavy (non-hydrogen) atoms. The summed E-state index contributed by atoms with van der Waals surface area (Å²) in [5.74, 6) is 1.87. The van der Waals surface area contributed by atoms with Crippen LogP contribution in [0, 0.1) is 5.92 Å². The molecule has 3 heterocycles. The summed E-state index contributed by atoms with van der Waals surface area (Å²) in [5, 5.41) is 10.6. The number of amides is 1. The maximum absolute atomic E-state index is 13.0. The third-order valence-electron chi connectivity index (χ3n) is 7.08. The fraction of sp³-hybridized carbons (Fsp3) is 0.565. The molecule has 2 saturated heterocycles. The van der Waals surface area contributed by atoms with Gasteiger partial charge in [-0.05, 0) is 62.4 Å². The first-order valence-electron chi connectivity index (χ1n) is 11.0. The average Bonchev–Trinajstić information content (AvgIpc) is 3.35. The Bertz CT molecular complexity index is 952. The van der Waals surface area contributed by atoms with Crippen LogP contribution in [0.2, 0.25) is 0 Å². The summed E-state index contributed by atoms with van der Waals surface area (Å²) in [7, 11) is 3.26. The molecule has 5 rings (SSSR count). The topological polar surface area (TPSA) is 79.5 Å². The Hall–Kier alpha value is -2.54. The van der Waals surface area contributed by atoms with Gasteiger partial charge in [0.05, 0.1) is 19.9 Å². The molecule has 0 unspecified atom stereocenters. The fourth-order valence-electron chi connectivity index (χ4n) is 5.55. The highest BCUT2D eigenvalue weighted by Crippen LogP contribution is 2.42. The monoisotopic (exact) mass is 410 g/mol. The third kappa shape index (κ3) is 3.25. The molecule has 3 aliphatic rings. The summed E-state index contributed by atoms with van der Waals surface area (Å²) in [6.07, 6.45) is 6.99. The molecule has 7 nitrogen and oxygen atoms in total. The van der Waals surface area contributed by atoms with Crippen molar-refractivity contribution in [2.75, 3.05) is 33.9 Å². The predicted molar refractivity (Wildman–Crippen MR) is 114 cm³/mol. The van der Waals surface area contributed by atoms with Gasteiger partial charge >= 0.3 is 0 Å². The third-order valence-corrected chi connectivity index (χ3v) is 7.08. The van der Waals surface area contributed by atoms with Gasteiger partial charge in [-0.1, -0.05) is 6.42 Å². The van der Waals surface area contributed by atoms with Crippen LogP contribution >= 0.6 is 0 Å². The summed E-state index contributed by atoms with van der Waals surface area (Å²) in [5.41, 5.74) is 4.49. The van der Waals surface area contributed by atoms with Crippen LogP contribution < -0.4 is 14.8 Å².